The van der Waals surface area contributed by atoms with Crippen molar-refractivity contribution in [1.29, 1.82) is 0 Å². The molecule has 0 spiro atoms. The number of rotatable bonds is 17. The minimum Gasteiger partial charge on any atom is -0.492 e. The summed E-state index contributed by atoms with van der Waals surface area (Å²) >= 11 is 12.9. The molecule has 68 heavy (non-hydrogen) atoms. The lowest BCUT2D eigenvalue weighted by molar-refractivity contribution is -0.142. The Labute approximate surface area is 397 Å². The number of aliphatic carboxylic acids is 1. The Morgan fingerprint density at radius 1 is 0.588 bits per heavy atom. The van der Waals surface area contributed by atoms with Crippen LogP contribution >= 0.6 is 23.2 Å². The maximum absolute atomic E-state index is 13.6. The SMILES string of the molecule is CCOC(=O)Cc1ccc(N2Cc3c(c(OCC)c4ccccc4c3OCC(F)F)C2=O)c(Cl)c1.CCOc1c2c(c(OCC(F)F)c3ccccc13)CN(c1ccc(CC(=O)O)cc1Cl)C2=O. The minimum absolute atomic E-state index is 0.0373. The standard InChI is InChI=1S/C26H24ClF2NO5.C24H20ClF2NO5/c1-3-33-22(31)12-15-9-10-20(19(27)11-15)30-13-18-23(26(30)32)25(34-4-2)17-8-6-5-7-16(17)24(18)35-14-21(28)29;1-2-32-23-15-6-4-3-5-14(15)22(33-12-19(26)27)16-11-28(24(31)21(16)23)18-8-7-13(9-17(18)25)10-20(29)30/h5-11,21H,3-4,12-14H2,1-2H3;3-9,19H,2,10-12H2,1H3,(H,29,30). The van der Waals surface area contributed by atoms with Gasteiger partial charge in [0.25, 0.3) is 24.7 Å². The fraction of sp³-hybridized carbons (Fsp3) is 0.280. The van der Waals surface area contributed by atoms with Crippen LogP contribution in [0.3, 0.4) is 0 Å². The number of fused-ring (bicyclic) bond motifs is 4. The first-order valence-electron chi connectivity index (χ1n) is 21.5. The van der Waals surface area contributed by atoms with E-state index in [4.69, 9.17) is 52.0 Å². The Morgan fingerprint density at radius 2 is 0.985 bits per heavy atom. The molecule has 18 heteroatoms. The number of carbonyl (C=O) groups excluding carboxylic acids is 3. The lowest BCUT2D eigenvalue weighted by atomic mass is 9.99. The number of carbonyl (C=O) groups is 4. The average Bonchev–Trinajstić information content (AvgIpc) is 3.81. The second-order valence-corrected chi connectivity index (χ2v) is 16.1. The number of benzene rings is 6. The smallest absolute Gasteiger partial charge is 0.310 e. The van der Waals surface area contributed by atoms with Crippen molar-refractivity contribution in [2.24, 2.45) is 0 Å². The number of esters is 1. The van der Waals surface area contributed by atoms with E-state index in [2.05, 4.69) is 0 Å². The summed E-state index contributed by atoms with van der Waals surface area (Å²) in [5.74, 6) is -0.995. The van der Waals surface area contributed by atoms with Crippen LogP contribution < -0.4 is 28.7 Å². The molecule has 0 bridgehead atoms. The first kappa shape index (κ1) is 49.1. The Morgan fingerprint density at radius 3 is 1.34 bits per heavy atom. The summed E-state index contributed by atoms with van der Waals surface area (Å²) in [5.41, 5.74) is 3.33. The van der Waals surface area contributed by atoms with Crippen LogP contribution in [0.5, 0.6) is 23.0 Å². The van der Waals surface area contributed by atoms with Gasteiger partial charge in [0.05, 0.1) is 78.3 Å². The van der Waals surface area contributed by atoms with Crippen molar-refractivity contribution in [2.75, 3.05) is 42.8 Å². The maximum Gasteiger partial charge on any atom is 0.310 e. The number of carboxylic acid groups (broad SMARTS) is 1. The topological polar surface area (TPSA) is 141 Å². The number of amides is 2. The molecular weight excluding hydrogens is 935 g/mol. The summed E-state index contributed by atoms with van der Waals surface area (Å²) in [7, 11) is 0. The zero-order valence-electron chi connectivity index (χ0n) is 36.9. The van der Waals surface area contributed by atoms with E-state index in [0.29, 0.717) is 79.9 Å². The molecule has 6 aromatic rings. The van der Waals surface area contributed by atoms with Gasteiger partial charge in [-0.05, 0) is 56.2 Å². The van der Waals surface area contributed by atoms with Crippen LogP contribution in [0.2, 0.25) is 10.0 Å². The van der Waals surface area contributed by atoms with E-state index < -0.39 is 37.9 Å². The fourth-order valence-corrected chi connectivity index (χ4v) is 8.86. The third kappa shape index (κ3) is 10.2. The Balaban J connectivity index is 0.000000202. The van der Waals surface area contributed by atoms with Gasteiger partial charge in [0.1, 0.15) is 36.2 Å². The summed E-state index contributed by atoms with van der Waals surface area (Å²) in [6, 6.07) is 23.7. The number of carboxylic acids is 1. The summed E-state index contributed by atoms with van der Waals surface area (Å²) in [6.45, 7) is 4.68. The number of ether oxygens (including phenoxy) is 5. The molecule has 0 atom stereocenters. The van der Waals surface area contributed by atoms with Gasteiger partial charge >= 0.3 is 11.9 Å². The zero-order valence-corrected chi connectivity index (χ0v) is 38.4. The van der Waals surface area contributed by atoms with Gasteiger partial charge in [0, 0.05) is 32.7 Å². The fourth-order valence-electron chi connectivity index (χ4n) is 8.25. The lowest BCUT2D eigenvalue weighted by Crippen LogP contribution is -2.23. The molecule has 0 unspecified atom stereocenters. The van der Waals surface area contributed by atoms with Gasteiger partial charge in [-0.15, -0.1) is 0 Å². The van der Waals surface area contributed by atoms with Crippen molar-refractivity contribution in [3.8, 4) is 23.0 Å². The second kappa shape index (κ2) is 21.5. The summed E-state index contributed by atoms with van der Waals surface area (Å²) in [4.78, 5) is 52.8. The van der Waals surface area contributed by atoms with Crippen LogP contribution in [-0.2, 0) is 40.3 Å². The molecular formula is C50H44Cl2F4N2O10. The molecule has 1 N–H and O–H groups in total. The maximum atomic E-state index is 13.6. The normalized spacial score (nSPS) is 12.9. The molecule has 0 radical (unpaired) electrons. The highest BCUT2D eigenvalue weighted by Crippen LogP contribution is 2.49. The molecule has 0 aliphatic carbocycles. The zero-order chi connectivity index (χ0) is 48.8. The first-order chi connectivity index (χ1) is 32.7. The minimum atomic E-state index is -2.68. The van der Waals surface area contributed by atoms with Crippen molar-refractivity contribution >= 4 is 79.9 Å². The van der Waals surface area contributed by atoms with Crippen molar-refractivity contribution in [1.82, 2.24) is 0 Å². The molecule has 0 fully saturated rings. The summed E-state index contributed by atoms with van der Waals surface area (Å²) in [5, 5.41) is 11.8. The predicted molar refractivity (Wildman–Crippen MR) is 249 cm³/mol. The third-order valence-electron chi connectivity index (χ3n) is 10.9. The van der Waals surface area contributed by atoms with Gasteiger partial charge in [0.15, 0.2) is 0 Å². The molecule has 0 aromatic heterocycles. The van der Waals surface area contributed by atoms with Gasteiger partial charge in [0.2, 0.25) is 0 Å². The van der Waals surface area contributed by atoms with E-state index in [0.717, 1.165) is 0 Å². The van der Waals surface area contributed by atoms with E-state index in [-0.39, 0.29) is 77.1 Å². The van der Waals surface area contributed by atoms with E-state index in [9.17, 15) is 36.7 Å². The highest BCUT2D eigenvalue weighted by atomic mass is 35.5. The molecule has 12 nitrogen and oxygen atoms in total. The first-order valence-corrected chi connectivity index (χ1v) is 22.2. The van der Waals surface area contributed by atoms with Crippen molar-refractivity contribution < 1.29 is 65.5 Å². The Bertz CT molecular complexity index is 2920. The van der Waals surface area contributed by atoms with Crippen molar-refractivity contribution in [3.63, 3.8) is 0 Å². The summed E-state index contributed by atoms with van der Waals surface area (Å²) in [6.07, 6.45) is -5.52. The number of nitrogens with zero attached hydrogens (tertiary/aromatic N) is 2. The number of halogens is 6. The molecule has 8 rings (SSSR count). The Kier molecular flexibility index (Phi) is 15.5. The number of anilines is 2. The predicted octanol–water partition coefficient (Wildman–Crippen LogP) is 11.1. The van der Waals surface area contributed by atoms with Crippen LogP contribution in [0, 0.1) is 0 Å². The van der Waals surface area contributed by atoms with E-state index in [1.54, 1.807) is 99.6 Å². The van der Waals surface area contributed by atoms with Gasteiger partial charge in [-0.3, -0.25) is 19.2 Å². The molecule has 2 aliphatic heterocycles. The van der Waals surface area contributed by atoms with Crippen LogP contribution in [0.15, 0.2) is 84.9 Å². The molecule has 356 valence electrons. The van der Waals surface area contributed by atoms with E-state index in [1.165, 1.54) is 15.9 Å². The largest absolute Gasteiger partial charge is 0.492 e. The van der Waals surface area contributed by atoms with Crippen LogP contribution in [0.4, 0.5) is 28.9 Å². The van der Waals surface area contributed by atoms with Crippen LogP contribution in [0.25, 0.3) is 21.5 Å². The van der Waals surface area contributed by atoms with E-state index >= 15 is 0 Å². The monoisotopic (exact) mass is 978 g/mol. The third-order valence-corrected chi connectivity index (χ3v) is 11.5. The van der Waals surface area contributed by atoms with E-state index in [1.807, 2.05) is 0 Å². The van der Waals surface area contributed by atoms with Crippen molar-refractivity contribution in [3.05, 3.63) is 128 Å². The summed E-state index contributed by atoms with van der Waals surface area (Å²) < 4.78 is 79.8. The highest BCUT2D eigenvalue weighted by Gasteiger charge is 2.39. The molecule has 6 aromatic carbocycles. The average molecular weight is 980 g/mol. The Hall–Kier alpha value is -6.78. The van der Waals surface area contributed by atoms with Gasteiger partial charge in [-0.1, -0.05) is 83.9 Å². The van der Waals surface area contributed by atoms with Crippen molar-refractivity contribution in [2.45, 2.75) is 59.6 Å². The molecule has 2 heterocycles. The number of alkyl halides is 4. The van der Waals surface area contributed by atoms with Gasteiger partial charge in [-0.2, -0.15) is 0 Å². The highest BCUT2D eigenvalue weighted by molar-refractivity contribution is 6.35. The van der Waals surface area contributed by atoms with Gasteiger partial charge in [-0.25, -0.2) is 17.6 Å². The second-order valence-electron chi connectivity index (χ2n) is 15.3. The molecule has 2 aliphatic rings. The quantitative estimate of drug-likeness (QED) is 0.0693. The van der Waals surface area contributed by atoms with Crippen LogP contribution in [-0.4, -0.2) is 74.7 Å². The lowest BCUT2D eigenvalue weighted by Gasteiger charge is -2.18. The molecule has 2 amide bonds. The van der Waals surface area contributed by atoms with Crippen LogP contribution in [0.1, 0.15) is 63.7 Å². The molecule has 0 saturated heterocycles. The number of hydrogen-bond acceptors (Lipinski definition) is 9. The molecule has 0 saturated carbocycles. The van der Waals surface area contributed by atoms with Gasteiger partial charge < -0.3 is 38.6 Å². The number of hydrogen-bond donors (Lipinski definition) is 1.